The highest BCUT2D eigenvalue weighted by atomic mass is 79.9. The fraction of sp³-hybridized carbons (Fsp3) is 0.647. The first-order valence-electron chi connectivity index (χ1n) is 7.52. The van der Waals surface area contributed by atoms with E-state index in [4.69, 9.17) is 9.47 Å². The zero-order valence-electron chi connectivity index (χ0n) is 13.8. The normalized spacial score (nSPS) is 13.2. The summed E-state index contributed by atoms with van der Waals surface area (Å²) in [6.45, 7) is 11.1. The second-order valence-electron chi connectivity index (χ2n) is 6.41. The number of halogens is 1. The number of nitrogens with one attached hydrogen (secondary N) is 1. The molecule has 0 bridgehead atoms. The van der Waals surface area contributed by atoms with Gasteiger partial charge in [-0.15, -0.1) is 0 Å². The van der Waals surface area contributed by atoms with Crippen LogP contribution >= 0.6 is 15.9 Å². The summed E-state index contributed by atoms with van der Waals surface area (Å²) in [7, 11) is 1.68. The molecule has 0 aromatic heterocycles. The Morgan fingerprint density at radius 2 is 1.95 bits per heavy atom. The van der Waals surface area contributed by atoms with E-state index in [2.05, 4.69) is 61.1 Å². The number of ether oxygens (including phenoxy) is 2. The Kier molecular flexibility index (Phi) is 7.71. The van der Waals surface area contributed by atoms with Crippen LogP contribution < -0.4 is 10.1 Å². The Balaban J connectivity index is 2.82. The molecule has 0 heterocycles. The van der Waals surface area contributed by atoms with Gasteiger partial charge in [-0.05, 0) is 52.0 Å². The highest BCUT2D eigenvalue weighted by Crippen LogP contribution is 2.33. The van der Waals surface area contributed by atoms with E-state index in [1.54, 1.807) is 7.11 Å². The number of methoxy groups -OCH3 is 1. The molecule has 0 fully saturated rings. The molecule has 3 nitrogen and oxygen atoms in total. The zero-order valence-corrected chi connectivity index (χ0v) is 15.4. The van der Waals surface area contributed by atoms with Crippen molar-refractivity contribution in [1.29, 1.82) is 0 Å². The van der Waals surface area contributed by atoms with Crippen LogP contribution in [0.5, 0.6) is 5.75 Å². The molecule has 1 unspecified atom stereocenters. The van der Waals surface area contributed by atoms with E-state index >= 15 is 0 Å². The maximum Gasteiger partial charge on any atom is 0.133 e. The van der Waals surface area contributed by atoms with E-state index in [-0.39, 0.29) is 5.41 Å². The summed E-state index contributed by atoms with van der Waals surface area (Å²) in [6.07, 6.45) is 1.09. The van der Waals surface area contributed by atoms with Gasteiger partial charge in [0.15, 0.2) is 0 Å². The van der Waals surface area contributed by atoms with Crippen LogP contribution in [0.1, 0.15) is 45.7 Å². The molecule has 4 heteroatoms. The summed E-state index contributed by atoms with van der Waals surface area (Å²) in [5.41, 5.74) is 1.57. The number of rotatable bonds is 8. The van der Waals surface area contributed by atoms with Gasteiger partial charge in [0.2, 0.25) is 0 Å². The van der Waals surface area contributed by atoms with E-state index in [0.29, 0.717) is 19.3 Å². The molecule has 0 aliphatic rings. The van der Waals surface area contributed by atoms with E-state index < -0.39 is 0 Å². The van der Waals surface area contributed by atoms with Crippen molar-refractivity contribution in [3.05, 3.63) is 28.2 Å². The van der Waals surface area contributed by atoms with Crippen LogP contribution in [0.2, 0.25) is 0 Å². The Hall–Kier alpha value is -0.580. The Bertz CT molecular complexity index is 429. The topological polar surface area (TPSA) is 30.5 Å². The van der Waals surface area contributed by atoms with Crippen LogP contribution in [-0.4, -0.2) is 26.9 Å². The van der Waals surface area contributed by atoms with Crippen LogP contribution in [0, 0.1) is 5.41 Å². The number of hydrogen-bond donors (Lipinski definition) is 1. The summed E-state index contributed by atoms with van der Waals surface area (Å²) >= 11 is 3.60. The molecule has 1 aromatic rings. The van der Waals surface area contributed by atoms with Gasteiger partial charge in [-0.1, -0.05) is 33.8 Å². The largest absolute Gasteiger partial charge is 0.490 e. The van der Waals surface area contributed by atoms with Crippen molar-refractivity contribution in [3.63, 3.8) is 0 Å². The summed E-state index contributed by atoms with van der Waals surface area (Å²) in [4.78, 5) is 0. The minimum absolute atomic E-state index is 0.285. The highest BCUT2D eigenvalue weighted by Gasteiger charge is 2.20. The second kappa shape index (κ2) is 8.76. The van der Waals surface area contributed by atoms with Gasteiger partial charge in [0.05, 0.1) is 11.1 Å². The Morgan fingerprint density at radius 3 is 2.48 bits per heavy atom. The summed E-state index contributed by atoms with van der Waals surface area (Å²) in [6, 6.07) is 6.69. The summed E-state index contributed by atoms with van der Waals surface area (Å²) in [5.74, 6) is 0.863. The predicted molar refractivity (Wildman–Crippen MR) is 92.0 cm³/mol. The second-order valence-corrected chi connectivity index (χ2v) is 7.26. The minimum Gasteiger partial charge on any atom is -0.490 e. The Labute approximate surface area is 137 Å². The van der Waals surface area contributed by atoms with E-state index in [1.807, 2.05) is 6.07 Å². The van der Waals surface area contributed by atoms with Gasteiger partial charge in [-0.25, -0.2) is 0 Å². The van der Waals surface area contributed by atoms with Crippen LogP contribution in [-0.2, 0) is 4.74 Å². The zero-order chi connectivity index (χ0) is 15.9. The fourth-order valence-electron chi connectivity index (χ4n) is 2.25. The highest BCUT2D eigenvalue weighted by molar-refractivity contribution is 9.10. The molecule has 0 saturated carbocycles. The first-order valence-corrected chi connectivity index (χ1v) is 8.31. The van der Waals surface area contributed by atoms with Crippen LogP contribution in [0.4, 0.5) is 0 Å². The van der Waals surface area contributed by atoms with Crippen molar-refractivity contribution in [2.24, 2.45) is 5.41 Å². The smallest absolute Gasteiger partial charge is 0.133 e. The summed E-state index contributed by atoms with van der Waals surface area (Å²) in [5, 5.41) is 3.57. The van der Waals surface area contributed by atoms with Crippen molar-refractivity contribution in [2.45, 2.75) is 40.2 Å². The van der Waals surface area contributed by atoms with Gasteiger partial charge in [0.1, 0.15) is 12.4 Å². The number of hydrogen-bond acceptors (Lipinski definition) is 3. The lowest BCUT2D eigenvalue weighted by atomic mass is 9.85. The molecule has 0 amide bonds. The molecule has 0 aliphatic heterocycles. The maximum absolute atomic E-state index is 5.68. The third-order valence-corrected chi connectivity index (χ3v) is 3.79. The molecule has 1 atom stereocenters. The SMILES string of the molecule is CCNC(CC(C)(C)C)c1ccc(OCCOC)c(Br)c1. The molecule has 0 radical (unpaired) electrons. The van der Waals surface area contributed by atoms with E-state index in [0.717, 1.165) is 23.2 Å². The third-order valence-electron chi connectivity index (χ3n) is 3.17. The predicted octanol–water partition coefficient (Wildman–Crippen LogP) is 4.56. The molecule has 0 spiro atoms. The van der Waals surface area contributed by atoms with E-state index in [1.165, 1.54) is 5.56 Å². The molecule has 1 N–H and O–H groups in total. The lowest BCUT2D eigenvalue weighted by Gasteiger charge is -2.27. The van der Waals surface area contributed by atoms with Crippen LogP contribution in [0.3, 0.4) is 0 Å². The van der Waals surface area contributed by atoms with E-state index in [9.17, 15) is 0 Å². The van der Waals surface area contributed by atoms with Crippen molar-refractivity contribution in [3.8, 4) is 5.75 Å². The van der Waals surface area contributed by atoms with Crippen molar-refractivity contribution < 1.29 is 9.47 Å². The molecule has 21 heavy (non-hydrogen) atoms. The molecule has 0 aliphatic carbocycles. The lowest BCUT2D eigenvalue weighted by molar-refractivity contribution is 0.146. The fourth-order valence-corrected chi connectivity index (χ4v) is 2.76. The minimum atomic E-state index is 0.285. The van der Waals surface area contributed by atoms with Crippen LogP contribution in [0.25, 0.3) is 0 Å². The Morgan fingerprint density at radius 1 is 1.24 bits per heavy atom. The van der Waals surface area contributed by atoms with Crippen molar-refractivity contribution in [1.82, 2.24) is 5.32 Å². The number of benzene rings is 1. The summed E-state index contributed by atoms with van der Waals surface area (Å²) < 4.78 is 11.7. The van der Waals surface area contributed by atoms with Crippen molar-refractivity contribution in [2.75, 3.05) is 26.9 Å². The van der Waals surface area contributed by atoms with Gasteiger partial charge in [-0.3, -0.25) is 0 Å². The quantitative estimate of drug-likeness (QED) is 0.691. The third kappa shape index (κ3) is 6.81. The molecular formula is C17H28BrNO2. The standard InChI is InChI=1S/C17H28BrNO2/c1-6-19-15(12-17(2,3)4)13-7-8-16(14(18)11-13)21-10-9-20-5/h7-8,11,15,19H,6,9-10,12H2,1-5H3. The molecule has 1 rings (SSSR count). The molecule has 0 saturated heterocycles. The van der Waals surface area contributed by atoms with Gasteiger partial charge in [0, 0.05) is 13.2 Å². The first-order chi connectivity index (χ1) is 9.87. The van der Waals surface area contributed by atoms with Gasteiger partial charge in [0.25, 0.3) is 0 Å². The first kappa shape index (κ1) is 18.5. The average molecular weight is 358 g/mol. The monoisotopic (exact) mass is 357 g/mol. The van der Waals surface area contributed by atoms with Crippen molar-refractivity contribution >= 4 is 15.9 Å². The molecule has 120 valence electrons. The molecular weight excluding hydrogens is 330 g/mol. The lowest BCUT2D eigenvalue weighted by Crippen LogP contribution is -2.25. The average Bonchev–Trinajstić information content (AvgIpc) is 2.39. The van der Waals surface area contributed by atoms with Gasteiger partial charge < -0.3 is 14.8 Å². The molecule has 1 aromatic carbocycles. The van der Waals surface area contributed by atoms with Gasteiger partial charge in [-0.2, -0.15) is 0 Å². The maximum atomic E-state index is 5.68. The van der Waals surface area contributed by atoms with Crippen LogP contribution in [0.15, 0.2) is 22.7 Å². The van der Waals surface area contributed by atoms with Gasteiger partial charge >= 0.3 is 0 Å².